The van der Waals surface area contributed by atoms with E-state index >= 15 is 0 Å². The molecule has 0 fully saturated rings. The number of nitrogens with one attached hydrogen (secondary N) is 2. The number of amides is 1. The molecule has 7 heteroatoms. The predicted molar refractivity (Wildman–Crippen MR) is 52.8 cm³/mol. The van der Waals surface area contributed by atoms with Crippen LogP contribution in [0.3, 0.4) is 0 Å². The zero-order chi connectivity index (χ0) is 12.6. The minimum atomic E-state index is -4.30. The van der Waals surface area contributed by atoms with Gasteiger partial charge in [-0.25, -0.2) is 0 Å². The molecule has 96 valence electrons. The Balaban J connectivity index is 3.39. The van der Waals surface area contributed by atoms with Gasteiger partial charge >= 0.3 is 6.18 Å². The van der Waals surface area contributed by atoms with Crippen LogP contribution < -0.4 is 10.6 Å². The normalized spacial score (nSPS) is 13.6. The van der Waals surface area contributed by atoms with Crippen LogP contribution in [0.2, 0.25) is 0 Å². The fourth-order valence-corrected chi connectivity index (χ4v) is 1.01. The molecule has 0 aromatic carbocycles. The van der Waals surface area contributed by atoms with Gasteiger partial charge in [0.05, 0.1) is 19.2 Å². The highest BCUT2D eigenvalue weighted by atomic mass is 19.4. The van der Waals surface area contributed by atoms with Crippen molar-refractivity contribution in [3.63, 3.8) is 0 Å². The highest BCUT2D eigenvalue weighted by Crippen LogP contribution is 2.11. The molecule has 0 rings (SSSR count). The number of halogens is 3. The van der Waals surface area contributed by atoms with Gasteiger partial charge in [0.1, 0.15) is 0 Å². The lowest BCUT2D eigenvalue weighted by Crippen LogP contribution is -2.38. The van der Waals surface area contributed by atoms with E-state index < -0.39 is 24.7 Å². The number of rotatable bonds is 7. The molecule has 0 aliphatic carbocycles. The first kappa shape index (κ1) is 15.2. The number of carbonyl (C=O) groups excluding carboxylic acids is 1. The second-order valence-electron chi connectivity index (χ2n) is 3.56. The molecule has 0 bridgehead atoms. The van der Waals surface area contributed by atoms with Gasteiger partial charge in [-0.1, -0.05) is 0 Å². The van der Waals surface area contributed by atoms with Gasteiger partial charge in [-0.05, 0) is 19.8 Å². The maximum atomic E-state index is 11.7. The van der Waals surface area contributed by atoms with Crippen molar-refractivity contribution in [2.75, 3.05) is 19.6 Å². The molecule has 0 aromatic rings. The van der Waals surface area contributed by atoms with Crippen molar-refractivity contribution < 1.29 is 23.1 Å². The summed E-state index contributed by atoms with van der Waals surface area (Å²) >= 11 is 0. The molecule has 1 amide bonds. The van der Waals surface area contributed by atoms with Gasteiger partial charge in [0.15, 0.2) is 0 Å². The zero-order valence-electron chi connectivity index (χ0n) is 9.10. The summed E-state index contributed by atoms with van der Waals surface area (Å²) in [5.41, 5.74) is 0. The third-order valence-electron chi connectivity index (χ3n) is 1.73. The summed E-state index contributed by atoms with van der Waals surface area (Å²) in [5.74, 6) is -0.477. The molecule has 0 aliphatic heterocycles. The number of hydrogen-bond donors (Lipinski definition) is 3. The second kappa shape index (κ2) is 7.45. The summed E-state index contributed by atoms with van der Waals surface area (Å²) in [4.78, 5) is 11.0. The summed E-state index contributed by atoms with van der Waals surface area (Å²) in [6, 6.07) is 0. The quantitative estimate of drug-likeness (QED) is 0.567. The third kappa shape index (κ3) is 11.3. The van der Waals surface area contributed by atoms with Gasteiger partial charge in [-0.15, -0.1) is 0 Å². The first-order chi connectivity index (χ1) is 7.31. The second-order valence-corrected chi connectivity index (χ2v) is 3.56. The summed E-state index contributed by atoms with van der Waals surface area (Å²) in [6.07, 6.45) is -3.58. The molecule has 4 nitrogen and oxygen atoms in total. The number of carbonyl (C=O) groups is 1. The fourth-order valence-electron chi connectivity index (χ4n) is 1.01. The maximum Gasteiger partial charge on any atom is 0.401 e. The van der Waals surface area contributed by atoms with Gasteiger partial charge in [0.25, 0.3) is 0 Å². The Hall–Kier alpha value is -0.820. The Morgan fingerprint density at radius 2 is 2.06 bits per heavy atom. The van der Waals surface area contributed by atoms with Gasteiger partial charge in [0.2, 0.25) is 5.91 Å². The molecule has 0 spiro atoms. The van der Waals surface area contributed by atoms with Gasteiger partial charge < -0.3 is 15.7 Å². The Morgan fingerprint density at radius 3 is 2.56 bits per heavy atom. The lowest BCUT2D eigenvalue weighted by Gasteiger charge is -2.09. The molecule has 3 N–H and O–H groups in total. The summed E-state index contributed by atoms with van der Waals surface area (Å²) in [6.45, 7) is 0.465. The van der Waals surface area contributed by atoms with E-state index in [0.29, 0.717) is 19.4 Å². The van der Waals surface area contributed by atoms with E-state index in [-0.39, 0.29) is 6.54 Å². The molecule has 16 heavy (non-hydrogen) atoms. The van der Waals surface area contributed by atoms with E-state index in [4.69, 9.17) is 5.11 Å². The highest BCUT2D eigenvalue weighted by molar-refractivity contribution is 5.77. The summed E-state index contributed by atoms with van der Waals surface area (Å²) < 4.78 is 35.0. The minimum absolute atomic E-state index is 0.353. The number of alkyl halides is 3. The SMILES string of the molecule is CC(O)CCCNC(=O)CNCC(F)(F)F. The number of hydrogen-bond acceptors (Lipinski definition) is 3. The molecule has 0 saturated carbocycles. The first-order valence-corrected chi connectivity index (χ1v) is 5.03. The van der Waals surface area contributed by atoms with E-state index in [9.17, 15) is 18.0 Å². The number of aliphatic hydroxyl groups is 1. The average Bonchev–Trinajstić information content (AvgIpc) is 2.10. The largest absolute Gasteiger partial charge is 0.401 e. The molecule has 0 radical (unpaired) electrons. The van der Waals surface area contributed by atoms with E-state index in [0.717, 1.165) is 0 Å². The lowest BCUT2D eigenvalue weighted by molar-refractivity contribution is -0.128. The van der Waals surface area contributed by atoms with Crippen molar-refractivity contribution in [1.29, 1.82) is 0 Å². The van der Waals surface area contributed by atoms with Crippen molar-refractivity contribution in [3.8, 4) is 0 Å². The van der Waals surface area contributed by atoms with Crippen molar-refractivity contribution in [2.45, 2.75) is 32.0 Å². The molecule has 0 aliphatic rings. The van der Waals surface area contributed by atoms with Gasteiger partial charge in [0, 0.05) is 6.54 Å². The monoisotopic (exact) mass is 242 g/mol. The van der Waals surface area contributed by atoms with Crippen LogP contribution in [0.25, 0.3) is 0 Å². The smallest absolute Gasteiger partial charge is 0.393 e. The number of aliphatic hydroxyl groups excluding tert-OH is 1. The molecule has 0 saturated heterocycles. The minimum Gasteiger partial charge on any atom is -0.393 e. The van der Waals surface area contributed by atoms with E-state index in [1.54, 1.807) is 6.92 Å². The molecular formula is C9H17F3N2O2. The lowest BCUT2D eigenvalue weighted by atomic mass is 10.2. The molecule has 1 unspecified atom stereocenters. The molecular weight excluding hydrogens is 225 g/mol. The van der Waals surface area contributed by atoms with Crippen molar-refractivity contribution >= 4 is 5.91 Å². The van der Waals surface area contributed by atoms with E-state index in [1.165, 1.54) is 0 Å². The maximum absolute atomic E-state index is 11.7. The van der Waals surface area contributed by atoms with Crippen LogP contribution in [0.4, 0.5) is 13.2 Å². The Bertz CT molecular complexity index is 207. The molecule has 0 heterocycles. The van der Waals surface area contributed by atoms with Crippen LogP contribution in [0.15, 0.2) is 0 Å². The van der Waals surface area contributed by atoms with E-state index in [2.05, 4.69) is 5.32 Å². The summed E-state index contributed by atoms with van der Waals surface area (Å²) in [5, 5.41) is 13.3. The van der Waals surface area contributed by atoms with Crippen LogP contribution in [0.1, 0.15) is 19.8 Å². The highest BCUT2D eigenvalue weighted by Gasteiger charge is 2.26. The van der Waals surface area contributed by atoms with Crippen molar-refractivity contribution in [1.82, 2.24) is 10.6 Å². The van der Waals surface area contributed by atoms with Gasteiger partial charge in [-0.2, -0.15) is 13.2 Å². The van der Waals surface area contributed by atoms with E-state index in [1.807, 2.05) is 5.32 Å². The van der Waals surface area contributed by atoms with Crippen LogP contribution in [0.5, 0.6) is 0 Å². The Labute approximate surface area is 92.2 Å². The Kier molecular flexibility index (Phi) is 7.07. The van der Waals surface area contributed by atoms with Crippen LogP contribution >= 0.6 is 0 Å². The zero-order valence-corrected chi connectivity index (χ0v) is 9.10. The van der Waals surface area contributed by atoms with Crippen molar-refractivity contribution in [3.05, 3.63) is 0 Å². The predicted octanol–water partition coefficient (Wildman–Crippen LogP) is 0.415. The Morgan fingerprint density at radius 1 is 1.44 bits per heavy atom. The molecule has 0 aromatic heterocycles. The van der Waals surface area contributed by atoms with Crippen molar-refractivity contribution in [2.24, 2.45) is 0 Å². The summed E-state index contributed by atoms with van der Waals surface area (Å²) in [7, 11) is 0. The van der Waals surface area contributed by atoms with Crippen LogP contribution in [-0.4, -0.2) is 42.9 Å². The van der Waals surface area contributed by atoms with Gasteiger partial charge in [-0.3, -0.25) is 4.79 Å². The molecule has 1 atom stereocenters. The fraction of sp³-hybridized carbons (Fsp3) is 0.889. The van der Waals surface area contributed by atoms with Crippen LogP contribution in [-0.2, 0) is 4.79 Å². The average molecular weight is 242 g/mol. The standard InChI is InChI=1S/C9H17F3N2O2/c1-7(15)3-2-4-14-8(16)5-13-6-9(10,11)12/h7,13,15H,2-6H2,1H3,(H,14,16). The topological polar surface area (TPSA) is 61.4 Å². The first-order valence-electron chi connectivity index (χ1n) is 5.03. The third-order valence-corrected chi connectivity index (χ3v) is 1.73. The van der Waals surface area contributed by atoms with Crippen LogP contribution in [0, 0.1) is 0 Å².